The van der Waals surface area contributed by atoms with E-state index in [1.807, 2.05) is 12.1 Å². The molecule has 28 heavy (non-hydrogen) atoms. The fraction of sp³-hybridized carbons (Fsp3) is 0.565. The zero-order valence-electron chi connectivity index (χ0n) is 17.3. The van der Waals surface area contributed by atoms with E-state index < -0.39 is 0 Å². The van der Waals surface area contributed by atoms with Gasteiger partial charge in [0.15, 0.2) is 0 Å². The van der Waals surface area contributed by atoms with Crippen molar-refractivity contribution in [2.45, 2.75) is 31.8 Å². The van der Waals surface area contributed by atoms with Crippen molar-refractivity contribution in [3.05, 3.63) is 35.9 Å². The minimum Gasteiger partial charge on any atom is -0.496 e. The van der Waals surface area contributed by atoms with E-state index in [0.717, 1.165) is 61.3 Å². The summed E-state index contributed by atoms with van der Waals surface area (Å²) < 4.78 is 11.3. The van der Waals surface area contributed by atoms with Gasteiger partial charge in [0.1, 0.15) is 11.5 Å². The third-order valence-corrected chi connectivity index (χ3v) is 6.98. The van der Waals surface area contributed by atoms with Gasteiger partial charge in [-0.1, -0.05) is 18.2 Å². The van der Waals surface area contributed by atoms with Crippen molar-refractivity contribution in [1.82, 2.24) is 9.80 Å². The second kappa shape index (κ2) is 7.90. The molecule has 2 heterocycles. The van der Waals surface area contributed by atoms with Crippen LogP contribution < -0.4 is 9.47 Å². The number of likely N-dealkylation sites (tertiary alicyclic amines) is 2. The van der Waals surface area contributed by atoms with Crippen molar-refractivity contribution in [2.75, 3.05) is 47.5 Å². The predicted molar refractivity (Wildman–Crippen MR) is 112 cm³/mol. The summed E-state index contributed by atoms with van der Waals surface area (Å²) in [6.07, 6.45) is 3.39. The second-order valence-corrected chi connectivity index (χ2v) is 8.42. The van der Waals surface area contributed by atoms with Crippen LogP contribution >= 0.6 is 0 Å². The Balaban J connectivity index is 1.64. The largest absolute Gasteiger partial charge is 0.496 e. The van der Waals surface area contributed by atoms with Gasteiger partial charge in [-0.05, 0) is 57.1 Å². The lowest BCUT2D eigenvalue weighted by atomic mass is 9.69. The first-order chi connectivity index (χ1) is 13.6. The van der Waals surface area contributed by atoms with E-state index in [-0.39, 0.29) is 5.41 Å². The fourth-order valence-electron chi connectivity index (χ4n) is 5.36. The Morgan fingerprint density at radius 3 is 2.64 bits per heavy atom. The number of hydrogen-bond donors (Lipinski definition) is 1. The number of benzene rings is 2. The number of likely N-dealkylation sites (N-methyl/N-ethyl adjacent to an activating group) is 1. The van der Waals surface area contributed by atoms with Crippen LogP contribution in [-0.4, -0.2) is 68.5 Å². The quantitative estimate of drug-likeness (QED) is 0.858. The van der Waals surface area contributed by atoms with Gasteiger partial charge in [-0.3, -0.25) is 4.90 Å². The molecular formula is C23H32N2O3. The zero-order valence-corrected chi connectivity index (χ0v) is 17.3. The number of fused-ring (bicyclic) bond motifs is 2. The third-order valence-electron chi connectivity index (χ3n) is 6.98. The second-order valence-electron chi connectivity index (χ2n) is 8.42. The topological polar surface area (TPSA) is 45.2 Å². The normalized spacial score (nSPS) is 26.2. The molecule has 1 N–H and O–H groups in total. The number of piperidine rings is 2. The van der Waals surface area contributed by atoms with E-state index in [0.29, 0.717) is 12.6 Å². The number of methoxy groups -OCH3 is 2. The first kappa shape index (κ1) is 19.5. The van der Waals surface area contributed by atoms with Crippen LogP contribution in [0.5, 0.6) is 11.5 Å². The van der Waals surface area contributed by atoms with Crippen LogP contribution in [0.15, 0.2) is 30.3 Å². The summed E-state index contributed by atoms with van der Waals surface area (Å²) >= 11 is 0. The van der Waals surface area contributed by atoms with Crippen LogP contribution in [0, 0.1) is 5.41 Å². The zero-order chi connectivity index (χ0) is 19.7. The highest BCUT2D eigenvalue weighted by Gasteiger charge is 2.46. The van der Waals surface area contributed by atoms with Crippen molar-refractivity contribution in [2.24, 2.45) is 5.41 Å². The predicted octanol–water partition coefficient (Wildman–Crippen LogP) is 3.14. The highest BCUT2D eigenvalue weighted by Crippen LogP contribution is 2.42. The summed E-state index contributed by atoms with van der Waals surface area (Å²) in [6, 6.07) is 10.8. The van der Waals surface area contributed by atoms with Gasteiger partial charge in [-0.25, -0.2) is 0 Å². The number of hydrogen-bond acceptors (Lipinski definition) is 5. The molecule has 0 aromatic heterocycles. The molecule has 0 aliphatic carbocycles. The number of rotatable bonds is 5. The molecule has 152 valence electrons. The lowest BCUT2D eigenvalue weighted by Gasteiger charge is -2.53. The average Bonchev–Trinajstić information content (AvgIpc) is 2.74. The third kappa shape index (κ3) is 3.25. The van der Waals surface area contributed by atoms with Crippen LogP contribution in [-0.2, 0) is 6.54 Å². The molecule has 0 radical (unpaired) electrons. The van der Waals surface area contributed by atoms with E-state index >= 15 is 0 Å². The maximum Gasteiger partial charge on any atom is 0.127 e. The van der Waals surface area contributed by atoms with E-state index in [2.05, 4.69) is 35.0 Å². The molecule has 2 saturated heterocycles. The first-order valence-corrected chi connectivity index (χ1v) is 10.3. The van der Waals surface area contributed by atoms with E-state index in [1.54, 1.807) is 14.2 Å². The maximum absolute atomic E-state index is 10.2. The number of ether oxygens (including phenoxy) is 2. The highest BCUT2D eigenvalue weighted by atomic mass is 16.5. The minimum absolute atomic E-state index is 0.0726. The van der Waals surface area contributed by atoms with Crippen molar-refractivity contribution in [3.8, 4) is 11.5 Å². The molecule has 0 spiro atoms. The van der Waals surface area contributed by atoms with Crippen LogP contribution in [0.2, 0.25) is 0 Å². The molecule has 2 fully saturated rings. The Morgan fingerprint density at radius 1 is 1.07 bits per heavy atom. The molecule has 2 aliphatic rings. The van der Waals surface area contributed by atoms with Crippen LogP contribution in [0.25, 0.3) is 10.8 Å². The molecule has 5 heteroatoms. The summed E-state index contributed by atoms with van der Waals surface area (Å²) in [5.41, 5.74) is 1.34. The lowest BCUT2D eigenvalue weighted by Crippen LogP contribution is -2.61. The molecule has 0 unspecified atom stereocenters. The van der Waals surface area contributed by atoms with Crippen molar-refractivity contribution in [3.63, 3.8) is 0 Å². The van der Waals surface area contributed by atoms with E-state index in [1.165, 1.54) is 12.0 Å². The smallest absolute Gasteiger partial charge is 0.127 e. The first-order valence-electron chi connectivity index (χ1n) is 10.3. The molecule has 0 bridgehead atoms. The van der Waals surface area contributed by atoms with Gasteiger partial charge in [0.05, 0.1) is 20.8 Å². The van der Waals surface area contributed by atoms with Gasteiger partial charge in [-0.2, -0.15) is 0 Å². The van der Waals surface area contributed by atoms with Crippen molar-refractivity contribution in [1.29, 1.82) is 0 Å². The summed E-state index contributed by atoms with van der Waals surface area (Å²) in [6.45, 7) is 4.33. The molecule has 5 nitrogen and oxygen atoms in total. The summed E-state index contributed by atoms with van der Waals surface area (Å²) in [7, 11) is 5.65. The molecule has 0 amide bonds. The minimum atomic E-state index is 0.0726. The summed E-state index contributed by atoms with van der Waals surface area (Å²) in [5, 5.41) is 12.4. The summed E-state index contributed by atoms with van der Waals surface area (Å²) in [4.78, 5) is 4.99. The SMILES string of the molecule is COc1ccc(CN2CC[C@@]3(CO)CCCN(C)[C@@H]3C2)c2c(OC)cccc12. The molecule has 2 aromatic carbocycles. The molecule has 2 atom stereocenters. The van der Waals surface area contributed by atoms with Crippen LogP contribution in [0.3, 0.4) is 0 Å². The van der Waals surface area contributed by atoms with Gasteiger partial charge >= 0.3 is 0 Å². The molecule has 4 rings (SSSR count). The van der Waals surface area contributed by atoms with Crippen LogP contribution in [0.4, 0.5) is 0 Å². The Bertz CT molecular complexity index is 840. The number of nitrogens with zero attached hydrogens (tertiary/aromatic N) is 2. The maximum atomic E-state index is 10.2. The lowest BCUT2D eigenvalue weighted by molar-refractivity contribution is -0.0684. The van der Waals surface area contributed by atoms with Gasteiger partial charge in [-0.15, -0.1) is 0 Å². The standard InChI is InChI=1S/C23H32N2O3/c1-24-12-5-10-23(16-26)11-13-25(15-21(23)24)14-17-8-9-19(27-2)18-6-4-7-20(28-3)22(17)18/h4,6-9,21,26H,5,10-16H2,1-3H3/t21-,23-/m1/s1. The summed E-state index contributed by atoms with van der Waals surface area (Å²) in [5.74, 6) is 1.77. The Kier molecular flexibility index (Phi) is 5.50. The van der Waals surface area contributed by atoms with Gasteiger partial charge in [0.25, 0.3) is 0 Å². The Labute approximate surface area is 167 Å². The molecule has 2 aliphatic heterocycles. The molecule has 0 saturated carbocycles. The fourth-order valence-corrected chi connectivity index (χ4v) is 5.36. The number of aliphatic hydroxyl groups excluding tert-OH is 1. The van der Waals surface area contributed by atoms with Gasteiger partial charge < -0.3 is 19.5 Å². The monoisotopic (exact) mass is 384 g/mol. The molecular weight excluding hydrogens is 352 g/mol. The van der Waals surface area contributed by atoms with Crippen molar-refractivity contribution >= 4 is 10.8 Å². The van der Waals surface area contributed by atoms with E-state index in [9.17, 15) is 5.11 Å². The van der Waals surface area contributed by atoms with Crippen LogP contribution in [0.1, 0.15) is 24.8 Å². The van der Waals surface area contributed by atoms with Gasteiger partial charge in [0, 0.05) is 35.3 Å². The average molecular weight is 385 g/mol. The van der Waals surface area contributed by atoms with E-state index in [4.69, 9.17) is 9.47 Å². The van der Waals surface area contributed by atoms with Gasteiger partial charge in [0.2, 0.25) is 0 Å². The number of aliphatic hydroxyl groups is 1. The highest BCUT2D eigenvalue weighted by molar-refractivity contribution is 5.95. The molecule has 2 aromatic rings. The Hall–Kier alpha value is -1.82. The van der Waals surface area contributed by atoms with Crippen molar-refractivity contribution < 1.29 is 14.6 Å². The Morgan fingerprint density at radius 2 is 1.89 bits per heavy atom.